The van der Waals surface area contributed by atoms with Gasteiger partial charge in [-0.05, 0) is 70.6 Å². The van der Waals surface area contributed by atoms with Crippen LogP contribution in [-0.2, 0) is 0 Å². The molecule has 5 heteroatoms. The number of anilines is 1. The summed E-state index contributed by atoms with van der Waals surface area (Å²) in [7, 11) is 0. The van der Waals surface area contributed by atoms with Gasteiger partial charge in [0.05, 0.1) is 19.1 Å². The number of thiocarbonyl (C=S) groups is 1. The number of hydrogen-bond acceptors (Lipinski definition) is 1. The Morgan fingerprint density at radius 3 is 2.38 bits per heavy atom. The van der Waals surface area contributed by atoms with E-state index in [1.807, 2.05) is 19.1 Å². The van der Waals surface area contributed by atoms with Crippen LogP contribution < -0.4 is 10.2 Å². The summed E-state index contributed by atoms with van der Waals surface area (Å²) < 4.78 is 0. The zero-order valence-electron chi connectivity index (χ0n) is 15.5. The van der Waals surface area contributed by atoms with Crippen LogP contribution in [0.5, 0.6) is 0 Å². The molecule has 0 amide bonds. The molecule has 0 aromatic heterocycles. The van der Waals surface area contributed by atoms with E-state index in [2.05, 4.69) is 44.0 Å². The van der Waals surface area contributed by atoms with Gasteiger partial charge in [0, 0.05) is 35.6 Å². The van der Waals surface area contributed by atoms with Crippen LogP contribution in [0.4, 0.5) is 5.69 Å². The van der Waals surface area contributed by atoms with E-state index in [1.165, 1.54) is 25.9 Å². The summed E-state index contributed by atoms with van der Waals surface area (Å²) in [6.45, 7) is 13.5. The topological polar surface area (TPSA) is 19.7 Å². The van der Waals surface area contributed by atoms with E-state index in [0.29, 0.717) is 18.1 Å². The molecule has 2 rings (SSSR count). The van der Waals surface area contributed by atoms with Crippen molar-refractivity contribution in [1.29, 1.82) is 0 Å². The maximum atomic E-state index is 6.12. The van der Waals surface area contributed by atoms with Crippen LogP contribution in [0.1, 0.15) is 46.1 Å². The summed E-state index contributed by atoms with van der Waals surface area (Å²) in [5.41, 5.74) is 2.08. The molecule has 24 heavy (non-hydrogen) atoms. The van der Waals surface area contributed by atoms with Crippen LogP contribution in [0.25, 0.3) is 0 Å². The molecule has 0 spiro atoms. The summed E-state index contributed by atoms with van der Waals surface area (Å²) >= 11 is 11.9. The highest BCUT2D eigenvalue weighted by Gasteiger charge is 2.30. The number of likely N-dealkylation sites (tertiary alicyclic amines) is 1. The van der Waals surface area contributed by atoms with Crippen LogP contribution in [0.15, 0.2) is 18.2 Å². The van der Waals surface area contributed by atoms with Crippen molar-refractivity contribution in [1.82, 2.24) is 4.90 Å². The van der Waals surface area contributed by atoms with Crippen LogP contribution in [0, 0.1) is 6.92 Å². The Kier molecular flexibility index (Phi) is 6.90. The zero-order valence-corrected chi connectivity index (χ0v) is 17.1. The minimum atomic E-state index is 0.393. The van der Waals surface area contributed by atoms with E-state index in [0.717, 1.165) is 21.4 Å². The molecule has 1 aromatic rings. The molecular formula is C19H31ClN3S+. The highest BCUT2D eigenvalue weighted by Crippen LogP contribution is 2.21. The number of nitrogens with zero attached hydrogens (tertiary/aromatic N) is 1. The lowest BCUT2D eigenvalue weighted by atomic mass is 10.0. The predicted octanol–water partition coefficient (Wildman–Crippen LogP) is 3.51. The van der Waals surface area contributed by atoms with Gasteiger partial charge in [-0.2, -0.15) is 0 Å². The fourth-order valence-corrected chi connectivity index (χ4v) is 4.16. The van der Waals surface area contributed by atoms with Gasteiger partial charge < -0.3 is 15.1 Å². The summed E-state index contributed by atoms with van der Waals surface area (Å²) in [4.78, 5) is 4.10. The SMILES string of the molecule is Cc1cc(NC(=S)N(C(C)C)C2CC[NH+](C(C)C)CC2)ccc1Cl. The summed E-state index contributed by atoms with van der Waals surface area (Å²) in [6, 6.07) is 7.60. The zero-order chi connectivity index (χ0) is 17.9. The van der Waals surface area contributed by atoms with Crippen molar-refractivity contribution in [3.8, 4) is 0 Å². The highest BCUT2D eigenvalue weighted by molar-refractivity contribution is 7.80. The lowest BCUT2D eigenvalue weighted by Gasteiger charge is -2.41. The average molecular weight is 369 g/mol. The average Bonchev–Trinajstić information content (AvgIpc) is 2.51. The van der Waals surface area contributed by atoms with Crippen molar-refractivity contribution in [3.05, 3.63) is 28.8 Å². The third-order valence-corrected chi connectivity index (χ3v) is 5.74. The standard InChI is InChI=1S/C19H30ClN3S/c1-13(2)22-10-8-17(9-11-22)23(14(3)4)19(24)21-16-6-7-18(20)15(5)12-16/h6-7,12-14,17H,8-11H2,1-5H3,(H,21,24)/p+1. The number of halogens is 1. The molecule has 1 heterocycles. The Balaban J connectivity index is 2.04. The highest BCUT2D eigenvalue weighted by atomic mass is 35.5. The van der Waals surface area contributed by atoms with Crippen LogP contribution in [-0.4, -0.2) is 41.2 Å². The first-order valence-electron chi connectivity index (χ1n) is 8.99. The van der Waals surface area contributed by atoms with Gasteiger partial charge in [0.2, 0.25) is 0 Å². The Bertz CT molecular complexity index is 566. The summed E-state index contributed by atoms with van der Waals surface area (Å²) in [6.07, 6.45) is 2.40. The Labute approximate surface area is 157 Å². The van der Waals surface area contributed by atoms with Crippen molar-refractivity contribution >= 4 is 34.6 Å². The molecule has 1 saturated heterocycles. The van der Waals surface area contributed by atoms with Crippen molar-refractivity contribution < 1.29 is 4.90 Å². The summed E-state index contributed by atoms with van der Waals surface area (Å²) in [5.74, 6) is 0. The summed E-state index contributed by atoms with van der Waals surface area (Å²) in [5, 5.41) is 5.03. The van der Waals surface area contributed by atoms with Gasteiger partial charge in [0.25, 0.3) is 0 Å². The van der Waals surface area contributed by atoms with E-state index >= 15 is 0 Å². The lowest BCUT2D eigenvalue weighted by molar-refractivity contribution is -0.926. The smallest absolute Gasteiger partial charge is 0.173 e. The van der Waals surface area contributed by atoms with E-state index in [-0.39, 0.29) is 0 Å². The van der Waals surface area contributed by atoms with Gasteiger partial charge in [-0.3, -0.25) is 0 Å². The maximum Gasteiger partial charge on any atom is 0.173 e. The van der Waals surface area contributed by atoms with E-state index < -0.39 is 0 Å². The lowest BCUT2D eigenvalue weighted by Crippen LogP contribution is -3.16. The van der Waals surface area contributed by atoms with E-state index in [4.69, 9.17) is 23.8 Å². The van der Waals surface area contributed by atoms with Crippen molar-refractivity contribution in [2.45, 2.75) is 65.6 Å². The molecule has 0 aliphatic carbocycles. The minimum absolute atomic E-state index is 0.393. The number of quaternary nitrogens is 1. The van der Waals surface area contributed by atoms with Crippen LogP contribution >= 0.6 is 23.8 Å². The quantitative estimate of drug-likeness (QED) is 0.793. The molecule has 0 bridgehead atoms. The number of nitrogens with one attached hydrogen (secondary N) is 2. The molecule has 0 saturated carbocycles. The number of rotatable bonds is 4. The Morgan fingerprint density at radius 2 is 1.88 bits per heavy atom. The monoisotopic (exact) mass is 368 g/mol. The fraction of sp³-hybridized carbons (Fsp3) is 0.632. The normalized spacial score (nSPS) is 21.2. The second-order valence-electron chi connectivity index (χ2n) is 7.44. The third-order valence-electron chi connectivity index (χ3n) is 5.01. The van der Waals surface area contributed by atoms with Gasteiger partial charge in [-0.1, -0.05) is 11.6 Å². The predicted molar refractivity (Wildman–Crippen MR) is 108 cm³/mol. The Hall–Kier alpha value is -0.840. The second kappa shape index (κ2) is 8.50. The molecule has 1 fully saturated rings. The van der Waals surface area contributed by atoms with Gasteiger partial charge >= 0.3 is 0 Å². The molecule has 0 atom stereocenters. The van der Waals surface area contributed by atoms with Crippen LogP contribution in [0.2, 0.25) is 5.02 Å². The van der Waals surface area contributed by atoms with E-state index in [9.17, 15) is 0 Å². The maximum absolute atomic E-state index is 6.12. The molecule has 0 unspecified atom stereocenters. The van der Waals surface area contributed by atoms with Gasteiger partial charge in [0.1, 0.15) is 0 Å². The first kappa shape index (κ1) is 19.5. The number of benzene rings is 1. The molecule has 2 N–H and O–H groups in total. The molecule has 1 aliphatic rings. The number of hydrogen-bond donors (Lipinski definition) is 2. The molecule has 134 valence electrons. The molecule has 1 aliphatic heterocycles. The van der Waals surface area contributed by atoms with Gasteiger partial charge in [-0.15, -0.1) is 0 Å². The van der Waals surface area contributed by atoms with Gasteiger partial charge in [0.15, 0.2) is 5.11 Å². The molecular weight excluding hydrogens is 338 g/mol. The van der Waals surface area contributed by atoms with E-state index in [1.54, 1.807) is 4.90 Å². The van der Waals surface area contributed by atoms with Crippen LogP contribution in [0.3, 0.4) is 0 Å². The van der Waals surface area contributed by atoms with Crippen molar-refractivity contribution in [3.63, 3.8) is 0 Å². The second-order valence-corrected chi connectivity index (χ2v) is 8.23. The first-order valence-corrected chi connectivity index (χ1v) is 9.78. The first-order chi connectivity index (χ1) is 11.3. The van der Waals surface area contributed by atoms with Crippen molar-refractivity contribution in [2.24, 2.45) is 0 Å². The molecule has 0 radical (unpaired) electrons. The minimum Gasteiger partial charge on any atom is -0.343 e. The molecule has 3 nitrogen and oxygen atoms in total. The Morgan fingerprint density at radius 1 is 1.25 bits per heavy atom. The number of aryl methyl sites for hydroxylation is 1. The molecule has 1 aromatic carbocycles. The third kappa shape index (κ3) is 4.84. The van der Waals surface area contributed by atoms with Gasteiger partial charge in [-0.25, -0.2) is 0 Å². The fourth-order valence-electron chi connectivity index (χ4n) is 3.56. The largest absolute Gasteiger partial charge is 0.343 e. The van der Waals surface area contributed by atoms with Crippen molar-refractivity contribution in [2.75, 3.05) is 18.4 Å². The number of piperidine rings is 1.